The van der Waals surface area contributed by atoms with Gasteiger partial charge in [-0.25, -0.2) is 0 Å². The standard InChI is InChI=1S/2C64H75NO2S2Si.CH2O3.2K.H/c2*1-8-12-16-18-43-66-56-36-26-50(27-37-56)48-20-30-53(31-21-48)65(54-32-22-49(23-33-54)51-28-38-57(39-29-51)67-44-19-17-13-9-2)55-34-24-52(25-35-55)61-47-60-63(69-61)62-59(46-58(68-62)40-45-70(5,6)7)64(60,41-14-10-3)42-15-11-4;2-1-4-3;;;/h2*20-39,46-47H,8-19,41-44H2,1-7H3;1,3H;;;/q;;;2*+1;-1/p-1. The Hall–Kier alpha value is -7.94. The maximum Gasteiger partial charge on any atom is 1.00 e. The average molecular weight is 2110 g/mol. The van der Waals surface area contributed by atoms with Gasteiger partial charge in [0.15, 0.2) is 0 Å². The van der Waals surface area contributed by atoms with Crippen LogP contribution in [0.1, 0.15) is 269 Å². The number of carbonyl (C=O) groups is 1. The minimum absolute atomic E-state index is 0. The smallest absolute Gasteiger partial charge is 1.00 e. The number of hydrogen-bond donors (Lipinski definition) is 0. The molecule has 0 fully saturated rings. The Bertz CT molecular complexity index is 5860. The molecule has 0 radical (unpaired) electrons. The number of rotatable bonds is 49. The zero-order valence-corrected chi connectivity index (χ0v) is 102. The molecule has 0 saturated heterocycles. The van der Waals surface area contributed by atoms with E-state index in [0.29, 0.717) is 0 Å². The number of hydrogen-bond acceptors (Lipinski definition) is 13. The summed E-state index contributed by atoms with van der Waals surface area (Å²) in [5.41, 5.74) is 32.4. The van der Waals surface area contributed by atoms with Crippen LogP contribution in [0.15, 0.2) is 267 Å². The zero-order chi connectivity index (χ0) is 101. The van der Waals surface area contributed by atoms with Crippen LogP contribution in [0.25, 0.3) is 84.9 Å². The van der Waals surface area contributed by atoms with Crippen LogP contribution in [-0.4, -0.2) is 49.0 Å². The van der Waals surface area contributed by atoms with Gasteiger partial charge in [-0.15, -0.1) is 56.4 Å². The van der Waals surface area contributed by atoms with Crippen molar-refractivity contribution in [1.82, 2.24) is 0 Å². The molecule has 9 nitrogen and oxygen atoms in total. The van der Waals surface area contributed by atoms with Crippen LogP contribution in [0.2, 0.25) is 39.3 Å². The number of ether oxygens (including phenoxy) is 4. The first-order valence-electron chi connectivity index (χ1n) is 53.7. The van der Waals surface area contributed by atoms with Gasteiger partial charge in [-0.05, 0) is 275 Å². The largest absolute Gasteiger partial charge is 1.00 e. The van der Waals surface area contributed by atoms with Gasteiger partial charge in [-0.2, -0.15) is 0 Å². The van der Waals surface area contributed by atoms with Crippen LogP contribution in [0.5, 0.6) is 23.0 Å². The van der Waals surface area contributed by atoms with Crippen molar-refractivity contribution in [2.24, 2.45) is 0 Å². The van der Waals surface area contributed by atoms with Gasteiger partial charge in [-0.3, -0.25) is 4.79 Å². The second-order valence-corrected chi connectivity index (χ2v) is 54.6. The molecular formula is C129H152K2N2O7S4Si2. The topological polar surface area (TPSA) is 92.8 Å². The number of carbonyl (C=O) groups excluding carboxylic acids is 1. The number of benzene rings is 10. The van der Waals surface area contributed by atoms with Gasteiger partial charge < -0.3 is 40.3 Å². The second-order valence-electron chi connectivity index (χ2n) is 40.9. The normalized spacial score (nSPS) is 12.2. The van der Waals surface area contributed by atoms with Crippen molar-refractivity contribution in [3.8, 4) is 131 Å². The number of thiophene rings is 4. The van der Waals surface area contributed by atoms with E-state index in [1.165, 1.54) is 249 Å². The molecule has 2 aliphatic rings. The molecule has 4 aromatic heterocycles. The second kappa shape index (κ2) is 58.6. The van der Waals surface area contributed by atoms with E-state index in [-0.39, 0.29) is 121 Å². The van der Waals surface area contributed by atoms with Crippen molar-refractivity contribution < 1.29 is 138 Å². The molecule has 0 spiro atoms. The Morgan fingerprint density at radius 1 is 0.281 bits per heavy atom. The summed E-state index contributed by atoms with van der Waals surface area (Å²) in [4.78, 5) is 27.1. The molecule has 754 valence electrons. The molecule has 0 N–H and O–H groups in total. The van der Waals surface area contributed by atoms with Crippen molar-refractivity contribution in [2.45, 2.75) is 285 Å². The molecule has 0 amide bonds. The number of unbranched alkanes of at least 4 members (excludes halogenated alkanes) is 16. The van der Waals surface area contributed by atoms with Crippen molar-refractivity contribution in [3.05, 3.63) is 299 Å². The number of nitrogens with zero attached hydrogens (tertiary/aromatic N) is 2. The summed E-state index contributed by atoms with van der Waals surface area (Å²) in [6, 6.07) is 99.0. The van der Waals surface area contributed by atoms with Gasteiger partial charge >= 0.3 is 103 Å². The van der Waals surface area contributed by atoms with E-state index in [1.807, 2.05) is 45.3 Å². The third-order valence-corrected chi connectivity index (χ3v) is 34.1. The summed E-state index contributed by atoms with van der Waals surface area (Å²) in [7, 11) is -3.00. The van der Waals surface area contributed by atoms with E-state index in [4.69, 9.17) is 29.0 Å². The molecule has 0 bridgehead atoms. The SMILES string of the molecule is CCCCCCOc1ccc(-c2ccc(N(c3ccc(-c4ccc(OCCCCCC)cc4)cc3)c3ccc(-c4cc5c(s4)-c4sc(C#C[Si](C)(C)C)cc4C5(CCCC)CCCC)cc3)cc2)cc1.CCCCCCOc1ccc(-c2ccc(N(c3ccc(-c4ccc(OCCCCCC)cc4)cc3)c3ccc(-c4cc5c(s4)-c4sc(C#C[Si](C)(C)C)cc4C5(CCCC)CCCC)cc3)cc2)cc1.O=CO[O-].[H-].[K+].[K+]. The summed E-state index contributed by atoms with van der Waals surface area (Å²) in [5, 5.41) is 8.43. The van der Waals surface area contributed by atoms with Gasteiger partial charge in [0, 0.05) is 74.2 Å². The van der Waals surface area contributed by atoms with Gasteiger partial charge in [-0.1, -0.05) is 356 Å². The van der Waals surface area contributed by atoms with Crippen LogP contribution in [-0.2, 0) is 20.5 Å². The fourth-order valence-electron chi connectivity index (χ4n) is 19.6. The van der Waals surface area contributed by atoms with Gasteiger partial charge in [0.05, 0.1) is 36.2 Å². The van der Waals surface area contributed by atoms with E-state index >= 15 is 0 Å². The van der Waals surface area contributed by atoms with Crippen LogP contribution in [0.3, 0.4) is 0 Å². The zero-order valence-electron chi connectivity index (χ0n) is 91.0. The first-order chi connectivity index (χ1) is 70.2. The van der Waals surface area contributed by atoms with Crippen molar-refractivity contribution in [2.75, 3.05) is 36.2 Å². The molecule has 0 aliphatic heterocycles. The molecule has 2 aliphatic carbocycles. The summed E-state index contributed by atoms with van der Waals surface area (Å²) in [6.45, 7) is 35.3. The van der Waals surface area contributed by atoms with E-state index < -0.39 is 16.1 Å². The minimum Gasteiger partial charge on any atom is -1.00 e. The van der Waals surface area contributed by atoms with Crippen LogP contribution < -0.4 is 137 Å². The monoisotopic (exact) mass is 2100 g/mol. The molecule has 0 saturated carbocycles. The average Bonchev–Trinajstić information content (AvgIpc) is 1.55. The minimum atomic E-state index is -1.50. The van der Waals surface area contributed by atoms with E-state index in [0.717, 1.165) is 109 Å². The first kappa shape index (κ1) is 117. The number of anilines is 6. The summed E-state index contributed by atoms with van der Waals surface area (Å²) < 4.78 is 24.3. The fraction of sp³-hybridized carbons (Fsp3) is 0.372. The summed E-state index contributed by atoms with van der Waals surface area (Å²) >= 11 is 7.84. The maximum absolute atomic E-state index is 8.64. The molecule has 16 rings (SSSR count). The first-order valence-corrected chi connectivity index (χ1v) is 63.9. The Kier molecular flexibility index (Phi) is 46.9. The van der Waals surface area contributed by atoms with Crippen LogP contribution in [0, 0.1) is 22.9 Å². The molecule has 4 heterocycles. The Labute approximate surface area is 979 Å². The Morgan fingerprint density at radius 3 is 0.685 bits per heavy atom. The maximum atomic E-state index is 8.64. The fourth-order valence-corrected chi connectivity index (χ4v) is 25.9. The molecule has 0 unspecified atom stereocenters. The van der Waals surface area contributed by atoms with Gasteiger partial charge in [0.2, 0.25) is 0 Å². The van der Waals surface area contributed by atoms with Crippen molar-refractivity contribution >= 4 is 102 Å². The van der Waals surface area contributed by atoms with E-state index in [2.05, 4.69) is 399 Å². The summed E-state index contributed by atoms with van der Waals surface area (Å²) in [5.74, 6) is 11.0. The molecule has 146 heavy (non-hydrogen) atoms. The van der Waals surface area contributed by atoms with Crippen molar-refractivity contribution in [1.29, 1.82) is 0 Å². The molecular weight excluding hydrogens is 1950 g/mol. The third-order valence-electron chi connectivity index (χ3n) is 27.5. The van der Waals surface area contributed by atoms with Gasteiger partial charge in [0.25, 0.3) is 6.47 Å². The van der Waals surface area contributed by atoms with E-state index in [1.54, 1.807) is 22.3 Å². The Morgan fingerprint density at radius 2 is 0.479 bits per heavy atom. The molecule has 14 aromatic rings. The molecule has 10 aromatic carbocycles. The van der Waals surface area contributed by atoms with Crippen LogP contribution in [0.4, 0.5) is 34.1 Å². The predicted octanol–water partition coefficient (Wildman–Crippen LogP) is 32.7. The van der Waals surface area contributed by atoms with Crippen molar-refractivity contribution in [3.63, 3.8) is 0 Å². The number of fused-ring (bicyclic) bond motifs is 6. The third kappa shape index (κ3) is 31.4. The van der Waals surface area contributed by atoms with Crippen LogP contribution >= 0.6 is 45.3 Å². The predicted molar refractivity (Wildman–Crippen MR) is 624 cm³/mol. The Balaban J connectivity index is 0.000000264. The van der Waals surface area contributed by atoms with Gasteiger partial charge in [0.1, 0.15) is 39.1 Å². The molecule has 0 atom stereocenters. The van der Waals surface area contributed by atoms with E-state index in [9.17, 15) is 0 Å². The quantitative estimate of drug-likeness (QED) is 0.00923. The molecule has 17 heteroatoms. The summed E-state index contributed by atoms with van der Waals surface area (Å²) in [6.07, 6.45) is 33.8.